The Bertz CT molecular complexity index is 6100. The van der Waals surface area contributed by atoms with Gasteiger partial charge in [-0.15, -0.1) is 22.7 Å². The standard InChI is InChI=1S/C20H18N2S.4C18H15P.C17H21BO2.C9H9ClN2S.Pd/c1-12(2)17-10-23-20-18(21-11-22-19(17)20)16-9-15-7-5-4-6-14(15)8-13(16)3;4*1-4-10-16(11-5-1)19(17-12-6-2-7-13-17)18-14-8-3-9-15-18;1-12-10-13-8-6-7-9-14(13)11-15(12)18-19-16(2,3)17(4,5)20-18;1-5(2)6-3-13-8-7(6)11-4-12-9(8)10;/h4-12H,1-3H3;4*1-15H;6-11H,1-5H3;3-5H,1-2H3;. The topological polar surface area (TPSA) is 70.0 Å². The summed E-state index contributed by atoms with van der Waals surface area (Å²) in [6, 6.07) is 155. The van der Waals surface area contributed by atoms with E-state index in [0.29, 0.717) is 17.0 Å². The molecule has 0 spiro atoms. The summed E-state index contributed by atoms with van der Waals surface area (Å²) >= 11 is 9.30. The van der Waals surface area contributed by atoms with Crippen molar-refractivity contribution in [2.45, 2.75) is 92.3 Å². The molecule has 6 nitrogen and oxygen atoms in total. The van der Waals surface area contributed by atoms with Crippen molar-refractivity contribution >= 4 is 184 Å². The number of halogens is 1. The van der Waals surface area contributed by atoms with Gasteiger partial charge in [-0.25, -0.2) is 19.9 Å². The van der Waals surface area contributed by atoms with Gasteiger partial charge in [-0.2, -0.15) is 0 Å². The summed E-state index contributed by atoms with van der Waals surface area (Å²) in [6.45, 7) is 21.4. The second-order valence-electron chi connectivity index (χ2n) is 33.5. The van der Waals surface area contributed by atoms with Crippen molar-refractivity contribution < 1.29 is 29.7 Å². The summed E-state index contributed by atoms with van der Waals surface area (Å²) in [5.74, 6) is 0.962. The molecule has 0 N–H and O–H groups in total. The smallest absolute Gasteiger partial charge is 0.399 e. The van der Waals surface area contributed by atoms with Crippen molar-refractivity contribution in [2.24, 2.45) is 0 Å². The second kappa shape index (κ2) is 48.1. The quantitative estimate of drug-likeness (QED) is 0.0545. The molecule has 0 radical (unpaired) electrons. The van der Waals surface area contributed by atoms with Gasteiger partial charge in [0.2, 0.25) is 0 Å². The van der Waals surface area contributed by atoms with Gasteiger partial charge in [-0.1, -0.05) is 476 Å². The van der Waals surface area contributed by atoms with Crippen LogP contribution in [0.1, 0.15) is 89.5 Å². The van der Waals surface area contributed by atoms with E-state index >= 15 is 0 Å². The molecule has 1 fully saturated rings. The molecule has 20 aromatic rings. The fourth-order valence-corrected chi connectivity index (χ4v) is 27.4. The minimum atomic E-state index is -0.446. The van der Waals surface area contributed by atoms with E-state index in [4.69, 9.17) is 20.9 Å². The summed E-state index contributed by atoms with van der Waals surface area (Å²) < 4.78 is 14.5. The van der Waals surface area contributed by atoms with Crippen LogP contribution in [0.15, 0.2) is 460 Å². The van der Waals surface area contributed by atoms with Crippen LogP contribution in [-0.2, 0) is 29.7 Å². The Balaban J connectivity index is 0.000000125. The number of benzene rings is 16. The van der Waals surface area contributed by atoms with Crippen LogP contribution < -0.4 is 69.1 Å². The van der Waals surface area contributed by atoms with Crippen molar-refractivity contribution in [3.63, 3.8) is 0 Å². The van der Waals surface area contributed by atoms with Crippen molar-refractivity contribution in [3.05, 3.63) is 488 Å². The fourth-order valence-electron chi connectivity index (χ4n) is 15.6. The van der Waals surface area contributed by atoms with Gasteiger partial charge in [0.25, 0.3) is 0 Å². The minimum Gasteiger partial charge on any atom is -0.399 e. The molecule has 4 aromatic heterocycles. The van der Waals surface area contributed by atoms with E-state index in [1.54, 1.807) is 29.0 Å². The molecular weight excluding hydrogens is 1850 g/mol. The predicted molar refractivity (Wildman–Crippen MR) is 581 cm³/mol. The van der Waals surface area contributed by atoms with Gasteiger partial charge in [-0.05, 0) is 209 Å². The second-order valence-corrected chi connectivity index (χ2v) is 44.5. The first kappa shape index (κ1) is 97.8. The normalized spacial score (nSPS) is 12.3. The van der Waals surface area contributed by atoms with E-state index in [1.807, 2.05) is 0 Å². The van der Waals surface area contributed by atoms with Crippen LogP contribution in [0.4, 0.5) is 0 Å². The van der Waals surface area contributed by atoms with Gasteiger partial charge in [0.15, 0.2) is 0 Å². The zero-order valence-corrected chi connectivity index (χ0v) is 84.0. The summed E-state index contributed by atoms with van der Waals surface area (Å²) in [6.07, 6.45) is 3.22. The minimum absolute atomic E-state index is 0. The first-order valence-corrected chi connectivity index (χ1v) is 52.2. The average molecular weight is 1950 g/mol. The molecule has 0 aliphatic carbocycles. The van der Waals surface area contributed by atoms with E-state index < -0.39 is 31.7 Å². The van der Waals surface area contributed by atoms with E-state index in [0.717, 1.165) is 26.9 Å². The number of fused-ring (bicyclic) bond motifs is 4. The van der Waals surface area contributed by atoms with Crippen LogP contribution in [0.25, 0.3) is 53.2 Å². The molecule has 0 saturated carbocycles. The Morgan fingerprint density at radius 1 is 0.286 bits per heavy atom. The molecule has 0 atom stereocenters. The van der Waals surface area contributed by atoms with E-state index in [2.05, 4.69) is 537 Å². The zero-order chi connectivity index (χ0) is 91.6. The Labute approximate surface area is 818 Å². The maximum absolute atomic E-state index is 6.16. The maximum Gasteiger partial charge on any atom is 0.495 e. The van der Waals surface area contributed by atoms with E-state index in [1.165, 1.54) is 124 Å². The molecule has 133 heavy (non-hydrogen) atoms. The van der Waals surface area contributed by atoms with Crippen LogP contribution in [0.3, 0.4) is 0 Å². The van der Waals surface area contributed by atoms with Crippen LogP contribution in [-0.4, -0.2) is 38.3 Å². The Kier molecular flexibility index (Phi) is 35.4. The number of aryl methyl sites for hydroxylation is 2. The molecular formula is C118H108BClN4O2P4PdS2. The third-order valence-electron chi connectivity index (χ3n) is 23.1. The molecule has 0 unspecified atom stereocenters. The number of hydrogen-bond acceptors (Lipinski definition) is 8. The number of nitrogens with zero attached hydrogens (tertiary/aromatic N) is 4. The SMILES string of the molecule is CC(C)c1csc2c(Cl)ncnc12.Cc1cc2ccccc2cc1-c1ncnc2c(C(C)C)csc12.Cc1cc2ccccc2cc1B1OC(C)(C)C(C)(C)O1.[Pd].c1ccc(P(c2ccccc2)c2ccccc2)cc1.c1ccc(P(c2ccccc2)c2ccccc2)cc1.c1ccc(P(c2ccccc2)c2ccccc2)cc1.c1ccc(P(c2ccccc2)c2ccccc2)cc1. The molecule has 1 aliphatic rings. The van der Waals surface area contributed by atoms with Crippen molar-refractivity contribution in [1.82, 2.24) is 19.9 Å². The van der Waals surface area contributed by atoms with Crippen LogP contribution in [0, 0.1) is 13.8 Å². The summed E-state index contributed by atoms with van der Waals surface area (Å²) in [4.78, 5) is 17.3. The van der Waals surface area contributed by atoms with Gasteiger partial charge >= 0.3 is 7.12 Å². The molecule has 664 valence electrons. The number of rotatable bonds is 16. The van der Waals surface area contributed by atoms with E-state index in [9.17, 15) is 0 Å². The third kappa shape index (κ3) is 25.2. The molecule has 16 aromatic carbocycles. The number of aromatic nitrogens is 4. The van der Waals surface area contributed by atoms with Crippen LogP contribution in [0.2, 0.25) is 5.15 Å². The molecule has 1 aliphatic heterocycles. The first-order chi connectivity index (χ1) is 64.4. The summed E-state index contributed by atoms with van der Waals surface area (Å²) in [7, 11) is -2.07. The Morgan fingerprint density at radius 3 is 0.782 bits per heavy atom. The molecule has 0 amide bonds. The average Bonchev–Trinajstić information content (AvgIpc) is 1.62. The monoisotopic (exact) mass is 1950 g/mol. The largest absolute Gasteiger partial charge is 0.495 e. The predicted octanol–water partition coefficient (Wildman–Crippen LogP) is 26.6. The molecule has 1 saturated heterocycles. The third-order valence-corrected chi connectivity index (χ3v) is 35.3. The first-order valence-electron chi connectivity index (χ1n) is 44.7. The molecule has 5 heterocycles. The Morgan fingerprint density at radius 2 is 0.511 bits per heavy atom. The van der Waals surface area contributed by atoms with E-state index in [-0.39, 0.29) is 38.7 Å². The van der Waals surface area contributed by atoms with Gasteiger partial charge < -0.3 is 9.31 Å². The van der Waals surface area contributed by atoms with Crippen LogP contribution >= 0.6 is 66.0 Å². The number of hydrogen-bond donors (Lipinski definition) is 0. The Hall–Kier alpha value is -11.2. The van der Waals surface area contributed by atoms with Crippen molar-refractivity contribution in [1.29, 1.82) is 0 Å². The summed E-state index contributed by atoms with van der Waals surface area (Å²) in [5.41, 5.74) is 9.92. The van der Waals surface area contributed by atoms with Gasteiger partial charge in [-0.3, -0.25) is 0 Å². The molecule has 0 bridgehead atoms. The maximum atomic E-state index is 6.16. The van der Waals surface area contributed by atoms with Gasteiger partial charge in [0, 0.05) is 26.0 Å². The zero-order valence-electron chi connectivity index (χ0n) is 76.5. The molecule has 15 heteroatoms. The van der Waals surface area contributed by atoms with Gasteiger partial charge in [0.05, 0.1) is 37.3 Å². The van der Waals surface area contributed by atoms with Gasteiger partial charge in [0.1, 0.15) is 17.8 Å². The molecule has 21 rings (SSSR count). The van der Waals surface area contributed by atoms with Crippen molar-refractivity contribution in [3.8, 4) is 11.3 Å². The fraction of sp³-hybridized carbons (Fsp3) is 0.119. The number of thiophene rings is 2. The summed E-state index contributed by atoms with van der Waals surface area (Å²) in [5, 5.41) is 26.7. The van der Waals surface area contributed by atoms with Crippen molar-refractivity contribution in [2.75, 3.05) is 0 Å². The van der Waals surface area contributed by atoms with Crippen LogP contribution in [0.5, 0.6) is 0 Å².